The van der Waals surface area contributed by atoms with E-state index in [9.17, 15) is 24.9 Å². The van der Waals surface area contributed by atoms with E-state index in [0.29, 0.717) is 16.7 Å². The summed E-state index contributed by atoms with van der Waals surface area (Å²) in [6, 6.07) is 26.1. The lowest BCUT2D eigenvalue weighted by atomic mass is 9.94. The smallest absolute Gasteiger partial charge is 0.233 e. The van der Waals surface area contributed by atoms with Crippen molar-refractivity contribution in [3.05, 3.63) is 108 Å². The minimum Gasteiger partial charge on any atom is -0.390 e. The average molecular weight is 421 g/mol. The lowest BCUT2D eigenvalue weighted by Gasteiger charge is -2.24. The van der Waals surface area contributed by atoms with Gasteiger partial charge in [0.15, 0.2) is 0 Å². The van der Waals surface area contributed by atoms with Gasteiger partial charge in [-0.25, -0.2) is 0 Å². The maximum atomic E-state index is 11.8. The first-order valence-electron chi connectivity index (χ1n) is 10.0. The highest BCUT2D eigenvalue weighted by Crippen LogP contribution is 2.22. The molecule has 0 spiro atoms. The van der Waals surface area contributed by atoms with E-state index in [2.05, 4.69) is 0 Å². The van der Waals surface area contributed by atoms with E-state index in [1.807, 2.05) is 18.2 Å². The highest BCUT2D eigenvalue weighted by molar-refractivity contribution is 6.49. The van der Waals surface area contributed by atoms with Gasteiger partial charge in [0.1, 0.15) is 6.10 Å². The second-order valence-electron chi connectivity index (χ2n) is 7.83. The van der Waals surface area contributed by atoms with E-state index in [1.165, 1.54) is 0 Å². The number of carbonyl (C=O) groups excluding carboxylic acids is 2. The van der Waals surface area contributed by atoms with Crippen molar-refractivity contribution in [2.45, 2.75) is 38.1 Å². The highest BCUT2D eigenvalue weighted by atomic mass is 16.3. The summed E-state index contributed by atoms with van der Waals surface area (Å²) in [4.78, 5) is 23.6. The molecule has 0 fully saturated rings. The Morgan fingerprint density at radius 3 is 1.42 bits per heavy atom. The molecule has 3 aromatic carbocycles. The molecule has 0 aromatic heterocycles. The predicted molar refractivity (Wildman–Crippen MR) is 120 cm³/mol. The number of rotatable bonds is 7. The minimum absolute atomic E-state index is 0.142. The standard InChI is InChI=1S/C14H10O2.C12H18O3/c15-13(11-7-3-1-4-8-11)14(16)12-9-5-2-6-10-12;1-12(2,15)8-10(13)11(14)9-6-4-3-5-7-9/h1-10H;3-7,10-11,13-15H,8H2,1-2H3. The van der Waals surface area contributed by atoms with Gasteiger partial charge in [-0.2, -0.15) is 0 Å². The average Bonchev–Trinajstić information content (AvgIpc) is 2.78. The van der Waals surface area contributed by atoms with Gasteiger partial charge in [0.2, 0.25) is 11.6 Å². The quantitative estimate of drug-likeness (QED) is 0.397. The summed E-state index contributed by atoms with van der Waals surface area (Å²) in [5, 5.41) is 29.0. The summed E-state index contributed by atoms with van der Waals surface area (Å²) in [6.45, 7) is 3.21. The Kier molecular flexibility index (Phi) is 8.82. The van der Waals surface area contributed by atoms with E-state index in [0.717, 1.165) is 0 Å². The molecule has 0 aliphatic heterocycles. The van der Waals surface area contributed by atoms with Crippen LogP contribution in [0.2, 0.25) is 0 Å². The number of ketones is 2. The molecule has 0 aliphatic rings. The van der Waals surface area contributed by atoms with Crippen LogP contribution in [0.25, 0.3) is 0 Å². The monoisotopic (exact) mass is 420 g/mol. The maximum absolute atomic E-state index is 11.8. The number of Topliss-reactive ketones (excluding diaryl/α,β-unsaturated/α-hetero) is 2. The third-order valence-corrected chi connectivity index (χ3v) is 4.49. The van der Waals surface area contributed by atoms with Crippen LogP contribution < -0.4 is 0 Å². The Balaban J connectivity index is 0.000000221. The largest absolute Gasteiger partial charge is 0.390 e. The van der Waals surface area contributed by atoms with E-state index < -0.39 is 29.4 Å². The number of carbonyl (C=O) groups is 2. The van der Waals surface area contributed by atoms with Crippen LogP contribution in [0.15, 0.2) is 91.0 Å². The fraction of sp³-hybridized carbons (Fsp3) is 0.231. The van der Waals surface area contributed by atoms with Crippen LogP contribution in [-0.4, -0.2) is 38.6 Å². The molecule has 0 saturated heterocycles. The first-order valence-corrected chi connectivity index (χ1v) is 10.0. The molecule has 2 atom stereocenters. The van der Waals surface area contributed by atoms with Gasteiger partial charge in [0.25, 0.3) is 0 Å². The molecule has 0 bridgehead atoms. The van der Waals surface area contributed by atoms with Gasteiger partial charge in [-0.15, -0.1) is 0 Å². The molecule has 3 N–H and O–H groups in total. The normalized spacial score (nSPS) is 12.8. The van der Waals surface area contributed by atoms with Gasteiger partial charge >= 0.3 is 0 Å². The summed E-state index contributed by atoms with van der Waals surface area (Å²) in [6.07, 6.45) is -1.76. The van der Waals surface area contributed by atoms with E-state index >= 15 is 0 Å². The lowest BCUT2D eigenvalue weighted by Crippen LogP contribution is -2.30. The number of hydrogen-bond donors (Lipinski definition) is 3. The van der Waals surface area contributed by atoms with Gasteiger partial charge < -0.3 is 15.3 Å². The zero-order valence-corrected chi connectivity index (χ0v) is 17.7. The van der Waals surface area contributed by atoms with Crippen molar-refractivity contribution in [1.29, 1.82) is 0 Å². The molecule has 0 heterocycles. The number of aliphatic hydroxyl groups is 3. The van der Waals surface area contributed by atoms with Crippen molar-refractivity contribution in [2.75, 3.05) is 0 Å². The summed E-state index contributed by atoms with van der Waals surface area (Å²) in [7, 11) is 0. The second kappa shape index (κ2) is 11.3. The zero-order valence-electron chi connectivity index (χ0n) is 17.7. The van der Waals surface area contributed by atoms with Gasteiger partial charge in [-0.05, 0) is 19.4 Å². The van der Waals surface area contributed by atoms with E-state index in [1.54, 1.807) is 86.6 Å². The van der Waals surface area contributed by atoms with Crippen LogP contribution in [-0.2, 0) is 0 Å². The maximum Gasteiger partial charge on any atom is 0.233 e. The molecule has 5 nitrogen and oxygen atoms in total. The molecule has 0 saturated carbocycles. The Hall–Kier alpha value is -3.12. The molecule has 0 aliphatic carbocycles. The Morgan fingerprint density at radius 1 is 0.710 bits per heavy atom. The minimum atomic E-state index is -0.977. The van der Waals surface area contributed by atoms with Crippen LogP contribution in [0, 0.1) is 0 Å². The summed E-state index contributed by atoms with van der Waals surface area (Å²) < 4.78 is 0. The van der Waals surface area contributed by atoms with Crippen molar-refractivity contribution in [2.24, 2.45) is 0 Å². The second-order valence-corrected chi connectivity index (χ2v) is 7.83. The van der Waals surface area contributed by atoms with Crippen LogP contribution in [0.1, 0.15) is 52.7 Å². The molecule has 31 heavy (non-hydrogen) atoms. The van der Waals surface area contributed by atoms with Gasteiger partial charge in [-0.3, -0.25) is 9.59 Å². The molecule has 0 amide bonds. The number of benzene rings is 3. The molecule has 162 valence electrons. The molecule has 3 rings (SSSR count). The highest BCUT2D eigenvalue weighted by Gasteiger charge is 2.25. The summed E-state index contributed by atoms with van der Waals surface area (Å²) >= 11 is 0. The molecular formula is C26H28O5. The van der Waals surface area contributed by atoms with Crippen molar-refractivity contribution in [3.8, 4) is 0 Å². The third-order valence-electron chi connectivity index (χ3n) is 4.49. The van der Waals surface area contributed by atoms with Crippen LogP contribution in [0.5, 0.6) is 0 Å². The lowest BCUT2D eigenvalue weighted by molar-refractivity contribution is -0.0404. The van der Waals surface area contributed by atoms with E-state index in [-0.39, 0.29) is 6.42 Å². The first kappa shape index (κ1) is 24.2. The number of aliphatic hydroxyl groups excluding tert-OH is 2. The first-order chi connectivity index (χ1) is 14.7. The van der Waals surface area contributed by atoms with Gasteiger partial charge in [-0.1, -0.05) is 91.0 Å². The van der Waals surface area contributed by atoms with E-state index in [4.69, 9.17) is 0 Å². The zero-order chi connectivity index (χ0) is 22.9. The molecular weight excluding hydrogens is 392 g/mol. The van der Waals surface area contributed by atoms with Crippen molar-refractivity contribution < 1.29 is 24.9 Å². The van der Waals surface area contributed by atoms with Crippen LogP contribution in [0.3, 0.4) is 0 Å². The van der Waals surface area contributed by atoms with Crippen molar-refractivity contribution in [1.82, 2.24) is 0 Å². The Bertz CT molecular complexity index is 898. The summed E-state index contributed by atoms with van der Waals surface area (Å²) in [5.74, 6) is -0.932. The molecule has 5 heteroatoms. The topological polar surface area (TPSA) is 94.8 Å². The van der Waals surface area contributed by atoms with Crippen LogP contribution >= 0.6 is 0 Å². The fourth-order valence-corrected chi connectivity index (χ4v) is 2.94. The Morgan fingerprint density at radius 2 is 1.06 bits per heavy atom. The van der Waals surface area contributed by atoms with Crippen LogP contribution in [0.4, 0.5) is 0 Å². The predicted octanol–water partition coefficient (Wildman–Crippen LogP) is 3.99. The van der Waals surface area contributed by atoms with Gasteiger partial charge in [0, 0.05) is 17.5 Å². The van der Waals surface area contributed by atoms with Crippen molar-refractivity contribution in [3.63, 3.8) is 0 Å². The molecule has 3 aromatic rings. The van der Waals surface area contributed by atoms with Crippen molar-refractivity contribution >= 4 is 11.6 Å². The SMILES string of the molecule is CC(C)(O)CC(O)C(O)c1ccccc1.O=C(C(=O)c1ccccc1)c1ccccc1. The molecule has 0 radical (unpaired) electrons. The van der Waals surface area contributed by atoms with Gasteiger partial charge in [0.05, 0.1) is 11.7 Å². The number of hydrogen-bond acceptors (Lipinski definition) is 5. The summed E-state index contributed by atoms with van der Waals surface area (Å²) in [5.41, 5.74) is 0.539. The Labute approximate surface area is 182 Å². The molecule has 2 unspecified atom stereocenters. The fourth-order valence-electron chi connectivity index (χ4n) is 2.94. The third kappa shape index (κ3) is 7.90.